The van der Waals surface area contributed by atoms with E-state index in [2.05, 4.69) is 15.9 Å². The largest absolute Gasteiger partial charge is 0.507 e. The van der Waals surface area contributed by atoms with Gasteiger partial charge in [-0.25, -0.2) is 0 Å². The molecule has 4 heteroatoms. The van der Waals surface area contributed by atoms with Crippen LogP contribution in [0.15, 0.2) is 22.7 Å². The Labute approximate surface area is 79.0 Å². The van der Waals surface area contributed by atoms with E-state index in [1.165, 1.54) is 6.07 Å². The van der Waals surface area contributed by atoms with Crippen molar-refractivity contribution in [2.75, 3.05) is 6.54 Å². The van der Waals surface area contributed by atoms with Crippen LogP contribution >= 0.6 is 15.9 Å². The average molecular weight is 232 g/mol. The fourth-order valence-corrected chi connectivity index (χ4v) is 1.26. The lowest BCUT2D eigenvalue weighted by molar-refractivity contribution is 0.186. The molecule has 0 radical (unpaired) electrons. The number of benzene rings is 1. The van der Waals surface area contributed by atoms with E-state index in [4.69, 9.17) is 10.8 Å². The van der Waals surface area contributed by atoms with Crippen LogP contribution in [0.4, 0.5) is 0 Å². The summed E-state index contributed by atoms with van der Waals surface area (Å²) < 4.78 is 0.563. The van der Waals surface area contributed by atoms with Crippen LogP contribution in [0, 0.1) is 0 Å². The van der Waals surface area contributed by atoms with E-state index in [-0.39, 0.29) is 12.3 Å². The van der Waals surface area contributed by atoms with Gasteiger partial charge in [0.15, 0.2) is 0 Å². The standard InChI is InChI=1S/C8H10BrNO2/c9-6-3-5(8(12)4-10)1-2-7(6)11/h1-3,8,11-12H,4,10H2/t8-/m0/s1. The van der Waals surface area contributed by atoms with E-state index in [0.717, 1.165) is 0 Å². The SMILES string of the molecule is NC[C@H](O)c1ccc(O)c(Br)c1. The molecule has 4 N–H and O–H groups in total. The molecule has 1 aromatic carbocycles. The Hall–Kier alpha value is -0.580. The predicted molar refractivity (Wildman–Crippen MR) is 49.8 cm³/mol. The van der Waals surface area contributed by atoms with Crippen LogP contribution in [0.2, 0.25) is 0 Å². The van der Waals surface area contributed by atoms with Crippen molar-refractivity contribution in [1.29, 1.82) is 0 Å². The summed E-state index contributed by atoms with van der Waals surface area (Å²) in [6, 6.07) is 4.79. The summed E-state index contributed by atoms with van der Waals surface area (Å²) in [7, 11) is 0. The number of phenols is 1. The summed E-state index contributed by atoms with van der Waals surface area (Å²) in [6.07, 6.45) is -0.665. The second kappa shape index (κ2) is 3.89. The number of halogens is 1. The van der Waals surface area contributed by atoms with Crippen molar-refractivity contribution in [2.45, 2.75) is 6.10 Å². The molecule has 0 bridgehead atoms. The summed E-state index contributed by atoms with van der Waals surface area (Å²) in [5.74, 6) is 0.156. The molecule has 0 fully saturated rings. The van der Waals surface area contributed by atoms with Gasteiger partial charge in [-0.05, 0) is 33.6 Å². The van der Waals surface area contributed by atoms with Gasteiger partial charge in [0.1, 0.15) is 5.75 Å². The predicted octanol–water partition coefficient (Wildman–Crippen LogP) is 1.15. The summed E-state index contributed by atoms with van der Waals surface area (Å²) in [6.45, 7) is 0.178. The van der Waals surface area contributed by atoms with Crippen molar-refractivity contribution in [3.05, 3.63) is 28.2 Å². The van der Waals surface area contributed by atoms with Gasteiger partial charge >= 0.3 is 0 Å². The molecule has 0 heterocycles. The van der Waals surface area contributed by atoms with E-state index >= 15 is 0 Å². The van der Waals surface area contributed by atoms with Gasteiger partial charge in [0.25, 0.3) is 0 Å². The van der Waals surface area contributed by atoms with Crippen molar-refractivity contribution in [3.63, 3.8) is 0 Å². The summed E-state index contributed by atoms with van der Waals surface area (Å²) in [5.41, 5.74) is 5.96. The molecule has 12 heavy (non-hydrogen) atoms. The molecular formula is C8H10BrNO2. The van der Waals surface area contributed by atoms with Crippen molar-refractivity contribution >= 4 is 15.9 Å². The first kappa shape index (κ1) is 9.51. The van der Waals surface area contributed by atoms with E-state index in [0.29, 0.717) is 10.0 Å². The first-order valence-corrected chi connectivity index (χ1v) is 4.31. The molecule has 1 atom stereocenters. The number of rotatable bonds is 2. The van der Waals surface area contributed by atoms with Crippen LogP contribution in [0.3, 0.4) is 0 Å². The third-order valence-electron chi connectivity index (χ3n) is 1.58. The molecule has 1 aromatic rings. The Morgan fingerprint density at radius 3 is 2.67 bits per heavy atom. The van der Waals surface area contributed by atoms with E-state index < -0.39 is 6.10 Å². The minimum Gasteiger partial charge on any atom is -0.507 e. The number of nitrogens with two attached hydrogens (primary N) is 1. The molecule has 3 nitrogen and oxygen atoms in total. The zero-order valence-electron chi connectivity index (χ0n) is 6.37. The summed E-state index contributed by atoms with van der Waals surface area (Å²) >= 11 is 3.14. The summed E-state index contributed by atoms with van der Waals surface area (Å²) in [5, 5.41) is 18.5. The topological polar surface area (TPSA) is 66.5 Å². The lowest BCUT2D eigenvalue weighted by Crippen LogP contribution is -2.11. The highest BCUT2D eigenvalue weighted by molar-refractivity contribution is 9.10. The third-order valence-corrected chi connectivity index (χ3v) is 2.21. The van der Waals surface area contributed by atoms with Gasteiger partial charge < -0.3 is 15.9 Å². The van der Waals surface area contributed by atoms with Crippen molar-refractivity contribution < 1.29 is 10.2 Å². The Balaban J connectivity index is 2.96. The lowest BCUT2D eigenvalue weighted by atomic mass is 10.1. The fraction of sp³-hybridized carbons (Fsp3) is 0.250. The number of aliphatic hydroxyl groups excluding tert-OH is 1. The smallest absolute Gasteiger partial charge is 0.129 e. The van der Waals surface area contributed by atoms with E-state index in [1.807, 2.05) is 0 Å². The molecule has 0 saturated heterocycles. The number of hydrogen-bond acceptors (Lipinski definition) is 3. The summed E-state index contributed by atoms with van der Waals surface area (Å²) in [4.78, 5) is 0. The van der Waals surface area contributed by atoms with Crippen LogP contribution in [0.1, 0.15) is 11.7 Å². The van der Waals surface area contributed by atoms with Crippen LogP contribution in [-0.4, -0.2) is 16.8 Å². The Morgan fingerprint density at radius 1 is 1.50 bits per heavy atom. The maximum Gasteiger partial charge on any atom is 0.129 e. The van der Waals surface area contributed by atoms with Crippen LogP contribution in [0.5, 0.6) is 5.75 Å². The highest BCUT2D eigenvalue weighted by Crippen LogP contribution is 2.26. The van der Waals surface area contributed by atoms with Crippen LogP contribution in [0.25, 0.3) is 0 Å². The Bertz CT molecular complexity index is 278. The molecule has 66 valence electrons. The number of hydrogen-bond donors (Lipinski definition) is 3. The molecule has 1 rings (SSSR count). The molecule has 0 aromatic heterocycles. The Kier molecular flexibility index (Phi) is 3.08. The minimum absolute atomic E-state index is 0.156. The van der Waals surface area contributed by atoms with Gasteiger partial charge in [-0.3, -0.25) is 0 Å². The van der Waals surface area contributed by atoms with Gasteiger partial charge in [0.2, 0.25) is 0 Å². The van der Waals surface area contributed by atoms with Crippen molar-refractivity contribution in [1.82, 2.24) is 0 Å². The number of phenolic OH excluding ortho intramolecular Hbond substituents is 1. The number of aliphatic hydroxyl groups is 1. The highest BCUT2D eigenvalue weighted by Gasteiger charge is 2.06. The molecule has 0 aliphatic rings. The first-order valence-electron chi connectivity index (χ1n) is 3.51. The Morgan fingerprint density at radius 2 is 2.17 bits per heavy atom. The van der Waals surface area contributed by atoms with Gasteiger partial charge in [-0.1, -0.05) is 6.07 Å². The highest BCUT2D eigenvalue weighted by atomic mass is 79.9. The van der Waals surface area contributed by atoms with E-state index in [9.17, 15) is 5.11 Å². The molecule has 0 amide bonds. The van der Waals surface area contributed by atoms with Crippen molar-refractivity contribution in [2.24, 2.45) is 5.73 Å². The van der Waals surface area contributed by atoms with Gasteiger partial charge in [0.05, 0.1) is 10.6 Å². The molecule has 0 saturated carbocycles. The zero-order chi connectivity index (χ0) is 9.14. The third kappa shape index (κ3) is 1.97. The average Bonchev–Trinajstić information content (AvgIpc) is 2.08. The first-order chi connectivity index (χ1) is 5.65. The molecule has 0 spiro atoms. The second-order valence-electron chi connectivity index (χ2n) is 2.46. The lowest BCUT2D eigenvalue weighted by Gasteiger charge is -2.08. The van der Waals surface area contributed by atoms with Gasteiger partial charge in [-0.15, -0.1) is 0 Å². The molecular weight excluding hydrogens is 222 g/mol. The zero-order valence-corrected chi connectivity index (χ0v) is 7.95. The van der Waals surface area contributed by atoms with Crippen LogP contribution in [-0.2, 0) is 0 Å². The monoisotopic (exact) mass is 231 g/mol. The van der Waals surface area contributed by atoms with Crippen LogP contribution < -0.4 is 5.73 Å². The normalized spacial score (nSPS) is 12.9. The minimum atomic E-state index is -0.665. The fourth-order valence-electron chi connectivity index (χ4n) is 0.867. The van der Waals surface area contributed by atoms with E-state index in [1.54, 1.807) is 12.1 Å². The van der Waals surface area contributed by atoms with Crippen molar-refractivity contribution in [3.8, 4) is 5.75 Å². The molecule has 0 aliphatic carbocycles. The molecule has 0 unspecified atom stereocenters. The second-order valence-corrected chi connectivity index (χ2v) is 3.32. The maximum absolute atomic E-state index is 9.32. The maximum atomic E-state index is 9.32. The van der Waals surface area contributed by atoms with Gasteiger partial charge in [-0.2, -0.15) is 0 Å². The van der Waals surface area contributed by atoms with Gasteiger partial charge in [0, 0.05) is 6.54 Å². The quantitative estimate of drug-likeness (QED) is 0.716. The molecule has 0 aliphatic heterocycles. The number of aromatic hydroxyl groups is 1.